The lowest BCUT2D eigenvalue weighted by molar-refractivity contribution is -0.130. The molecule has 0 fully saturated rings. The quantitative estimate of drug-likeness (QED) is 0.740. The predicted molar refractivity (Wildman–Crippen MR) is 92.8 cm³/mol. The third kappa shape index (κ3) is 7.85. The number of carbonyl (C=O) groups excluding carboxylic acids is 2. The standard InChI is InChI=1S/C16H25N3O3.ClH/c1-12(9-17-2)16(21)18-10-13-6-5-7-14(8-13)22-11-15(20)19(3)4;/h5-8,12,17H,9-11H2,1-4H3,(H,18,21);1H. The molecule has 1 rings (SSSR count). The number of nitrogens with one attached hydrogen (secondary N) is 2. The van der Waals surface area contributed by atoms with Gasteiger partial charge in [0.25, 0.3) is 5.91 Å². The molecule has 0 bridgehead atoms. The molecule has 1 atom stereocenters. The van der Waals surface area contributed by atoms with Gasteiger partial charge >= 0.3 is 0 Å². The van der Waals surface area contributed by atoms with E-state index in [1.807, 2.05) is 32.2 Å². The normalized spacial score (nSPS) is 11.1. The fourth-order valence-electron chi connectivity index (χ4n) is 1.78. The van der Waals surface area contributed by atoms with Crippen molar-refractivity contribution >= 4 is 24.2 Å². The molecule has 0 aliphatic rings. The molecule has 0 saturated heterocycles. The molecule has 130 valence electrons. The van der Waals surface area contributed by atoms with Gasteiger partial charge in [-0.3, -0.25) is 9.59 Å². The Hall–Kier alpha value is -1.79. The van der Waals surface area contributed by atoms with Crippen molar-refractivity contribution in [3.63, 3.8) is 0 Å². The molecule has 0 saturated carbocycles. The number of rotatable bonds is 8. The Kier molecular flexibility index (Phi) is 10.0. The van der Waals surface area contributed by atoms with Crippen LogP contribution in [0.25, 0.3) is 0 Å². The summed E-state index contributed by atoms with van der Waals surface area (Å²) in [6.07, 6.45) is 0. The molecular weight excluding hydrogens is 318 g/mol. The molecule has 6 nitrogen and oxygen atoms in total. The highest BCUT2D eigenvalue weighted by Crippen LogP contribution is 2.13. The molecular formula is C16H26ClN3O3. The van der Waals surface area contributed by atoms with E-state index in [2.05, 4.69) is 10.6 Å². The van der Waals surface area contributed by atoms with Gasteiger partial charge in [0, 0.05) is 33.1 Å². The van der Waals surface area contributed by atoms with E-state index < -0.39 is 0 Å². The van der Waals surface area contributed by atoms with Gasteiger partial charge in [-0.2, -0.15) is 0 Å². The number of halogens is 1. The Morgan fingerprint density at radius 1 is 1.30 bits per heavy atom. The molecule has 7 heteroatoms. The smallest absolute Gasteiger partial charge is 0.259 e. The minimum absolute atomic E-state index is 0. The summed E-state index contributed by atoms with van der Waals surface area (Å²) in [5, 5.41) is 5.86. The van der Waals surface area contributed by atoms with E-state index in [1.165, 1.54) is 4.90 Å². The van der Waals surface area contributed by atoms with Crippen LogP contribution in [0.1, 0.15) is 12.5 Å². The van der Waals surface area contributed by atoms with E-state index in [9.17, 15) is 9.59 Å². The van der Waals surface area contributed by atoms with Crippen molar-refractivity contribution in [3.05, 3.63) is 29.8 Å². The largest absolute Gasteiger partial charge is 0.484 e. The number of benzene rings is 1. The van der Waals surface area contributed by atoms with Crippen molar-refractivity contribution < 1.29 is 14.3 Å². The van der Waals surface area contributed by atoms with Crippen LogP contribution in [0, 0.1) is 5.92 Å². The van der Waals surface area contributed by atoms with Crippen LogP contribution < -0.4 is 15.4 Å². The van der Waals surface area contributed by atoms with Crippen molar-refractivity contribution in [1.82, 2.24) is 15.5 Å². The Labute approximate surface area is 144 Å². The van der Waals surface area contributed by atoms with E-state index in [-0.39, 0.29) is 36.7 Å². The Morgan fingerprint density at radius 2 is 2.00 bits per heavy atom. The maximum atomic E-state index is 11.8. The van der Waals surface area contributed by atoms with Gasteiger partial charge < -0.3 is 20.3 Å². The Bertz CT molecular complexity index is 509. The molecule has 2 amide bonds. The minimum atomic E-state index is -0.0976. The number of amides is 2. The fraction of sp³-hybridized carbons (Fsp3) is 0.500. The predicted octanol–water partition coefficient (Wildman–Crippen LogP) is 1.05. The summed E-state index contributed by atoms with van der Waals surface area (Å²) in [6.45, 7) is 2.95. The summed E-state index contributed by atoms with van der Waals surface area (Å²) >= 11 is 0. The van der Waals surface area contributed by atoms with Crippen LogP contribution in [0.4, 0.5) is 0 Å². The van der Waals surface area contributed by atoms with E-state index in [0.717, 1.165) is 5.56 Å². The molecule has 0 aromatic heterocycles. The lowest BCUT2D eigenvalue weighted by Gasteiger charge is -2.13. The second kappa shape index (κ2) is 10.9. The fourth-order valence-corrected chi connectivity index (χ4v) is 1.78. The SMILES string of the molecule is CNCC(C)C(=O)NCc1cccc(OCC(=O)N(C)C)c1.Cl. The number of nitrogens with zero attached hydrogens (tertiary/aromatic N) is 1. The van der Waals surface area contributed by atoms with Crippen LogP contribution in [-0.4, -0.2) is 51.0 Å². The van der Waals surface area contributed by atoms with Crippen LogP contribution in [0.3, 0.4) is 0 Å². The second-order valence-electron chi connectivity index (χ2n) is 5.40. The highest BCUT2D eigenvalue weighted by Gasteiger charge is 2.11. The van der Waals surface area contributed by atoms with Gasteiger partial charge in [0.2, 0.25) is 5.91 Å². The first kappa shape index (κ1) is 21.2. The average molecular weight is 344 g/mol. The van der Waals surface area contributed by atoms with Crippen molar-refractivity contribution in [1.29, 1.82) is 0 Å². The molecule has 2 N–H and O–H groups in total. The zero-order valence-corrected chi connectivity index (χ0v) is 14.9. The van der Waals surface area contributed by atoms with Crippen molar-refractivity contribution in [2.24, 2.45) is 5.92 Å². The van der Waals surface area contributed by atoms with Crippen LogP contribution in [0.2, 0.25) is 0 Å². The first-order valence-electron chi connectivity index (χ1n) is 7.28. The maximum absolute atomic E-state index is 11.8. The van der Waals surface area contributed by atoms with Gasteiger partial charge in [-0.1, -0.05) is 19.1 Å². The van der Waals surface area contributed by atoms with Crippen LogP contribution >= 0.6 is 12.4 Å². The molecule has 23 heavy (non-hydrogen) atoms. The summed E-state index contributed by atoms with van der Waals surface area (Å²) in [5.74, 6) is 0.440. The highest BCUT2D eigenvalue weighted by molar-refractivity contribution is 5.85. The Balaban J connectivity index is 0.00000484. The monoisotopic (exact) mass is 343 g/mol. The molecule has 0 radical (unpaired) electrons. The number of carbonyl (C=O) groups is 2. The molecule has 0 spiro atoms. The number of hydrogen-bond acceptors (Lipinski definition) is 4. The third-order valence-electron chi connectivity index (χ3n) is 3.18. The molecule has 1 unspecified atom stereocenters. The maximum Gasteiger partial charge on any atom is 0.259 e. The summed E-state index contributed by atoms with van der Waals surface area (Å²) in [7, 11) is 5.19. The summed E-state index contributed by atoms with van der Waals surface area (Å²) < 4.78 is 5.45. The van der Waals surface area contributed by atoms with Gasteiger partial charge in [-0.25, -0.2) is 0 Å². The topological polar surface area (TPSA) is 70.7 Å². The Morgan fingerprint density at radius 3 is 2.61 bits per heavy atom. The van der Waals surface area contributed by atoms with Crippen molar-refractivity contribution in [2.75, 3.05) is 34.3 Å². The summed E-state index contributed by atoms with van der Waals surface area (Å²) in [6, 6.07) is 7.36. The molecule has 1 aromatic rings. The lowest BCUT2D eigenvalue weighted by atomic mass is 10.1. The van der Waals surface area contributed by atoms with Gasteiger partial charge in [-0.05, 0) is 24.7 Å². The first-order chi connectivity index (χ1) is 10.4. The molecule has 0 aliphatic carbocycles. The van der Waals surface area contributed by atoms with Crippen molar-refractivity contribution in [2.45, 2.75) is 13.5 Å². The van der Waals surface area contributed by atoms with E-state index in [0.29, 0.717) is 18.8 Å². The lowest BCUT2D eigenvalue weighted by Crippen LogP contribution is -2.33. The van der Waals surface area contributed by atoms with Crippen LogP contribution in [0.15, 0.2) is 24.3 Å². The van der Waals surface area contributed by atoms with E-state index >= 15 is 0 Å². The van der Waals surface area contributed by atoms with Gasteiger partial charge in [0.15, 0.2) is 6.61 Å². The van der Waals surface area contributed by atoms with Gasteiger partial charge in [-0.15, -0.1) is 12.4 Å². The third-order valence-corrected chi connectivity index (χ3v) is 3.18. The van der Waals surface area contributed by atoms with Crippen molar-refractivity contribution in [3.8, 4) is 5.75 Å². The molecule has 0 heterocycles. The summed E-state index contributed by atoms with van der Waals surface area (Å²) in [4.78, 5) is 24.8. The highest BCUT2D eigenvalue weighted by atomic mass is 35.5. The number of hydrogen-bond donors (Lipinski definition) is 2. The zero-order valence-electron chi connectivity index (χ0n) is 14.1. The van der Waals surface area contributed by atoms with Crippen LogP contribution in [0.5, 0.6) is 5.75 Å². The van der Waals surface area contributed by atoms with Crippen LogP contribution in [-0.2, 0) is 16.1 Å². The van der Waals surface area contributed by atoms with Gasteiger partial charge in [0.05, 0.1) is 0 Å². The zero-order chi connectivity index (χ0) is 16.5. The minimum Gasteiger partial charge on any atom is -0.484 e. The molecule has 0 aliphatic heterocycles. The number of ether oxygens (including phenoxy) is 1. The van der Waals surface area contributed by atoms with E-state index in [1.54, 1.807) is 20.2 Å². The van der Waals surface area contributed by atoms with Gasteiger partial charge in [0.1, 0.15) is 5.75 Å². The van der Waals surface area contributed by atoms with E-state index in [4.69, 9.17) is 4.74 Å². The molecule has 1 aromatic carbocycles. The summed E-state index contributed by atoms with van der Waals surface area (Å²) in [5.41, 5.74) is 0.930. The second-order valence-corrected chi connectivity index (χ2v) is 5.40. The first-order valence-corrected chi connectivity index (χ1v) is 7.28. The number of likely N-dealkylation sites (N-methyl/N-ethyl adjacent to an activating group) is 1. The average Bonchev–Trinajstić information content (AvgIpc) is 2.50.